The lowest BCUT2D eigenvalue weighted by Crippen LogP contribution is -3.13. The van der Waals surface area contributed by atoms with Crippen molar-refractivity contribution in [3.63, 3.8) is 0 Å². The molecule has 0 bridgehead atoms. The van der Waals surface area contributed by atoms with Gasteiger partial charge in [0.05, 0.1) is 50.4 Å². The van der Waals surface area contributed by atoms with Crippen LogP contribution < -0.4 is 14.4 Å². The van der Waals surface area contributed by atoms with Gasteiger partial charge in [-0.2, -0.15) is 0 Å². The molecule has 0 aromatic heterocycles. The fraction of sp³-hybridized carbons (Fsp3) is 0.350. The molecule has 0 radical (unpaired) electrons. The summed E-state index contributed by atoms with van der Waals surface area (Å²) in [6.07, 6.45) is 0. The fourth-order valence-electron chi connectivity index (χ4n) is 3.30. The number of halogens is 1. The molecule has 1 aliphatic rings. The number of rotatable bonds is 5. The van der Waals surface area contributed by atoms with Gasteiger partial charge in [0.15, 0.2) is 0 Å². The summed E-state index contributed by atoms with van der Waals surface area (Å²) < 4.78 is 11.8. The minimum atomic E-state index is 0.118. The van der Waals surface area contributed by atoms with Crippen LogP contribution in [0.4, 0.5) is 0 Å². The Hall–Kier alpha value is -2.05. The first-order valence-corrected chi connectivity index (χ1v) is 9.50. The highest BCUT2D eigenvalue weighted by atomic mass is 79.9. The quantitative estimate of drug-likeness (QED) is 0.805. The van der Waals surface area contributed by atoms with Crippen LogP contribution in [-0.2, 0) is 6.54 Å². The van der Waals surface area contributed by atoms with Gasteiger partial charge in [-0.1, -0.05) is 18.2 Å². The molecule has 0 aliphatic carbocycles. The number of quaternary nitrogens is 1. The van der Waals surface area contributed by atoms with E-state index in [2.05, 4.69) is 15.9 Å². The molecule has 0 atom stereocenters. The van der Waals surface area contributed by atoms with E-state index >= 15 is 0 Å². The fourth-order valence-corrected chi connectivity index (χ4v) is 3.78. The minimum Gasteiger partial charge on any atom is -0.496 e. The van der Waals surface area contributed by atoms with Crippen molar-refractivity contribution in [2.75, 3.05) is 40.4 Å². The monoisotopic (exact) mass is 419 g/mol. The van der Waals surface area contributed by atoms with Gasteiger partial charge in [0.1, 0.15) is 18.0 Å². The van der Waals surface area contributed by atoms with E-state index in [9.17, 15) is 4.79 Å². The van der Waals surface area contributed by atoms with Gasteiger partial charge in [-0.25, -0.2) is 0 Å². The van der Waals surface area contributed by atoms with Crippen molar-refractivity contribution < 1.29 is 19.2 Å². The summed E-state index contributed by atoms with van der Waals surface area (Å²) >= 11 is 3.50. The summed E-state index contributed by atoms with van der Waals surface area (Å²) in [4.78, 5) is 15.9. The van der Waals surface area contributed by atoms with Crippen molar-refractivity contribution in [2.45, 2.75) is 6.54 Å². The molecule has 0 spiro atoms. The van der Waals surface area contributed by atoms with Gasteiger partial charge in [-0.15, -0.1) is 0 Å². The zero-order valence-corrected chi connectivity index (χ0v) is 16.7. The summed E-state index contributed by atoms with van der Waals surface area (Å²) in [7, 11) is 3.35. The minimum absolute atomic E-state index is 0.118. The number of nitrogens with one attached hydrogen (secondary N) is 1. The molecule has 1 saturated heterocycles. The number of benzene rings is 2. The average Bonchev–Trinajstić information content (AvgIpc) is 2.69. The van der Waals surface area contributed by atoms with Gasteiger partial charge in [-0.3, -0.25) is 4.79 Å². The lowest BCUT2D eigenvalue weighted by atomic mass is 10.1. The number of methoxy groups -OCH3 is 2. The van der Waals surface area contributed by atoms with Gasteiger partial charge in [0.25, 0.3) is 5.91 Å². The van der Waals surface area contributed by atoms with Gasteiger partial charge in [-0.05, 0) is 40.2 Å². The Labute approximate surface area is 162 Å². The van der Waals surface area contributed by atoms with Crippen molar-refractivity contribution in [1.29, 1.82) is 0 Å². The Balaban J connectivity index is 1.63. The summed E-state index contributed by atoms with van der Waals surface area (Å²) in [5.74, 6) is 1.78. The van der Waals surface area contributed by atoms with Crippen molar-refractivity contribution >= 4 is 21.8 Å². The second-order valence-electron chi connectivity index (χ2n) is 6.38. The third-order valence-corrected chi connectivity index (χ3v) is 5.39. The number of nitrogens with zero attached hydrogens (tertiary/aromatic N) is 1. The molecular formula is C20H24BrN2O3+. The number of amides is 1. The summed E-state index contributed by atoms with van der Waals surface area (Å²) in [5.41, 5.74) is 1.88. The molecule has 0 saturated carbocycles. The molecule has 2 aromatic rings. The molecule has 26 heavy (non-hydrogen) atoms. The highest BCUT2D eigenvalue weighted by Gasteiger charge is 2.25. The Morgan fingerprint density at radius 2 is 1.73 bits per heavy atom. The molecule has 6 heteroatoms. The van der Waals surface area contributed by atoms with Crippen molar-refractivity contribution in [1.82, 2.24) is 4.90 Å². The molecule has 1 heterocycles. The molecule has 1 amide bonds. The Bertz CT molecular complexity index is 759. The van der Waals surface area contributed by atoms with E-state index in [0.29, 0.717) is 0 Å². The number of ether oxygens (including phenoxy) is 2. The zero-order chi connectivity index (χ0) is 18.5. The molecule has 5 nitrogen and oxygen atoms in total. The lowest BCUT2D eigenvalue weighted by Gasteiger charge is -2.32. The predicted octanol–water partition coefficient (Wildman–Crippen LogP) is 2.01. The standard InChI is InChI=1S/C20H23BrN2O3/c1-25-18-13-17(21)19(26-2)12-16(18)14-22-8-10-23(11-9-22)20(24)15-6-4-3-5-7-15/h3-7,12-13H,8-11,14H2,1-2H3/p+1. The van der Waals surface area contributed by atoms with E-state index in [0.717, 1.165) is 59.8 Å². The van der Waals surface area contributed by atoms with Gasteiger partial charge < -0.3 is 19.3 Å². The molecule has 0 unspecified atom stereocenters. The van der Waals surface area contributed by atoms with Crippen molar-refractivity contribution in [2.24, 2.45) is 0 Å². The maximum absolute atomic E-state index is 12.6. The molecule has 2 aromatic carbocycles. The van der Waals surface area contributed by atoms with E-state index in [1.165, 1.54) is 4.90 Å². The van der Waals surface area contributed by atoms with Crippen LogP contribution >= 0.6 is 15.9 Å². The van der Waals surface area contributed by atoms with E-state index in [4.69, 9.17) is 9.47 Å². The van der Waals surface area contributed by atoms with Crippen LogP contribution in [0.15, 0.2) is 46.9 Å². The van der Waals surface area contributed by atoms with Gasteiger partial charge in [0.2, 0.25) is 0 Å². The predicted molar refractivity (Wildman–Crippen MR) is 104 cm³/mol. The molecular weight excluding hydrogens is 396 g/mol. The van der Waals surface area contributed by atoms with E-state index in [1.807, 2.05) is 47.4 Å². The largest absolute Gasteiger partial charge is 0.496 e. The van der Waals surface area contributed by atoms with Crippen LogP contribution in [0.1, 0.15) is 15.9 Å². The highest BCUT2D eigenvalue weighted by Crippen LogP contribution is 2.32. The van der Waals surface area contributed by atoms with Crippen molar-refractivity contribution in [3.8, 4) is 11.5 Å². The summed E-state index contributed by atoms with van der Waals surface area (Å²) in [6.45, 7) is 4.21. The third kappa shape index (κ3) is 4.19. The summed E-state index contributed by atoms with van der Waals surface area (Å²) in [5, 5.41) is 0. The SMILES string of the molecule is COc1cc(C[NH+]2CCN(C(=O)c3ccccc3)CC2)c(OC)cc1Br. The summed E-state index contributed by atoms with van der Waals surface area (Å²) in [6, 6.07) is 13.5. The van der Waals surface area contributed by atoms with Crippen LogP contribution in [0.3, 0.4) is 0 Å². The van der Waals surface area contributed by atoms with Crippen molar-refractivity contribution in [3.05, 3.63) is 58.1 Å². The second kappa shape index (κ2) is 8.56. The zero-order valence-electron chi connectivity index (χ0n) is 15.1. The first-order valence-electron chi connectivity index (χ1n) is 8.70. The van der Waals surface area contributed by atoms with E-state index < -0.39 is 0 Å². The third-order valence-electron chi connectivity index (χ3n) is 4.77. The second-order valence-corrected chi connectivity index (χ2v) is 7.24. The number of piperazine rings is 1. The van der Waals surface area contributed by atoms with Crippen LogP contribution in [0.25, 0.3) is 0 Å². The van der Waals surface area contributed by atoms with Gasteiger partial charge in [0, 0.05) is 5.56 Å². The molecule has 1 N–H and O–H groups in total. The molecule has 138 valence electrons. The first-order chi connectivity index (χ1) is 12.6. The van der Waals surface area contributed by atoms with E-state index in [-0.39, 0.29) is 5.91 Å². The van der Waals surface area contributed by atoms with Gasteiger partial charge >= 0.3 is 0 Å². The van der Waals surface area contributed by atoms with Crippen LogP contribution in [-0.4, -0.2) is 51.2 Å². The van der Waals surface area contributed by atoms with E-state index in [1.54, 1.807) is 14.2 Å². The number of hydrogen-bond acceptors (Lipinski definition) is 3. The average molecular weight is 420 g/mol. The van der Waals surface area contributed by atoms with Crippen LogP contribution in [0.2, 0.25) is 0 Å². The molecule has 3 rings (SSSR count). The topological polar surface area (TPSA) is 43.2 Å². The highest BCUT2D eigenvalue weighted by molar-refractivity contribution is 9.10. The normalized spacial score (nSPS) is 15.0. The maximum Gasteiger partial charge on any atom is 0.254 e. The maximum atomic E-state index is 12.6. The lowest BCUT2D eigenvalue weighted by molar-refractivity contribution is -0.917. The Morgan fingerprint density at radius 1 is 1.08 bits per heavy atom. The van der Waals surface area contributed by atoms with Crippen LogP contribution in [0, 0.1) is 0 Å². The molecule has 1 fully saturated rings. The Kier molecular flexibility index (Phi) is 6.16. The number of carbonyl (C=O) groups is 1. The number of carbonyl (C=O) groups excluding carboxylic acids is 1. The first kappa shape index (κ1) is 18.7. The van der Waals surface area contributed by atoms with Crippen LogP contribution in [0.5, 0.6) is 11.5 Å². The molecule has 1 aliphatic heterocycles. The smallest absolute Gasteiger partial charge is 0.254 e. The Morgan fingerprint density at radius 3 is 2.35 bits per heavy atom. The number of hydrogen-bond donors (Lipinski definition) is 1.